The predicted octanol–water partition coefficient (Wildman–Crippen LogP) is 3.38. The molecule has 1 aromatic heterocycles. The standard InChI is InChI=1S/C13H22N2/c1-5-8-13(2,3)12-9-11(10-6-7-10)14-15(12)4/h9-10H,5-8H2,1-4H3. The van der Waals surface area contributed by atoms with Crippen molar-refractivity contribution in [3.8, 4) is 0 Å². The molecular formula is C13H22N2. The molecule has 0 unspecified atom stereocenters. The van der Waals surface area contributed by atoms with Gasteiger partial charge in [-0.05, 0) is 25.3 Å². The van der Waals surface area contributed by atoms with Gasteiger partial charge in [-0.15, -0.1) is 0 Å². The zero-order chi connectivity index (χ0) is 11.1. The first-order chi connectivity index (χ1) is 7.04. The normalized spacial score (nSPS) is 17.1. The summed E-state index contributed by atoms with van der Waals surface area (Å²) in [6, 6.07) is 2.33. The van der Waals surface area contributed by atoms with Crippen molar-refractivity contribution in [2.24, 2.45) is 7.05 Å². The summed E-state index contributed by atoms with van der Waals surface area (Å²) in [7, 11) is 2.08. The van der Waals surface area contributed by atoms with Crippen LogP contribution in [-0.2, 0) is 12.5 Å². The molecule has 15 heavy (non-hydrogen) atoms. The third-order valence-corrected chi connectivity index (χ3v) is 3.46. The zero-order valence-electron chi connectivity index (χ0n) is 10.4. The van der Waals surface area contributed by atoms with Crippen molar-refractivity contribution in [2.45, 2.75) is 57.8 Å². The van der Waals surface area contributed by atoms with E-state index in [-0.39, 0.29) is 5.41 Å². The molecule has 0 saturated heterocycles. The average Bonchev–Trinajstić information content (AvgIpc) is 2.90. The molecule has 0 N–H and O–H groups in total. The largest absolute Gasteiger partial charge is 0.272 e. The molecule has 2 nitrogen and oxygen atoms in total. The van der Waals surface area contributed by atoms with Gasteiger partial charge in [-0.25, -0.2) is 0 Å². The highest BCUT2D eigenvalue weighted by atomic mass is 15.3. The maximum atomic E-state index is 4.64. The first-order valence-electron chi connectivity index (χ1n) is 6.09. The summed E-state index contributed by atoms with van der Waals surface area (Å²) in [4.78, 5) is 0. The van der Waals surface area contributed by atoms with Gasteiger partial charge in [-0.3, -0.25) is 4.68 Å². The predicted molar refractivity (Wildman–Crippen MR) is 63.1 cm³/mol. The summed E-state index contributed by atoms with van der Waals surface area (Å²) in [5.74, 6) is 0.766. The molecule has 0 amide bonds. The summed E-state index contributed by atoms with van der Waals surface area (Å²) < 4.78 is 2.09. The van der Waals surface area contributed by atoms with E-state index in [2.05, 4.69) is 43.7 Å². The van der Waals surface area contributed by atoms with Crippen LogP contribution in [0.15, 0.2) is 6.07 Å². The van der Waals surface area contributed by atoms with Crippen molar-refractivity contribution in [1.82, 2.24) is 9.78 Å². The number of hydrogen-bond acceptors (Lipinski definition) is 1. The van der Waals surface area contributed by atoms with E-state index >= 15 is 0 Å². The van der Waals surface area contributed by atoms with Crippen LogP contribution in [0.3, 0.4) is 0 Å². The number of aryl methyl sites for hydroxylation is 1. The lowest BCUT2D eigenvalue weighted by Crippen LogP contribution is -2.20. The lowest BCUT2D eigenvalue weighted by atomic mass is 9.84. The number of rotatable bonds is 4. The first-order valence-corrected chi connectivity index (χ1v) is 6.09. The molecule has 0 aliphatic heterocycles. The fraction of sp³-hybridized carbons (Fsp3) is 0.769. The van der Waals surface area contributed by atoms with Crippen molar-refractivity contribution in [1.29, 1.82) is 0 Å². The van der Waals surface area contributed by atoms with E-state index in [1.54, 1.807) is 0 Å². The van der Waals surface area contributed by atoms with Gasteiger partial charge in [0, 0.05) is 24.1 Å². The highest BCUT2D eigenvalue weighted by molar-refractivity contribution is 5.23. The molecule has 2 rings (SSSR count). The van der Waals surface area contributed by atoms with Crippen molar-refractivity contribution >= 4 is 0 Å². The summed E-state index contributed by atoms with van der Waals surface area (Å²) >= 11 is 0. The molecule has 84 valence electrons. The summed E-state index contributed by atoms with van der Waals surface area (Å²) in [5.41, 5.74) is 2.98. The molecule has 0 spiro atoms. The van der Waals surface area contributed by atoms with Gasteiger partial charge < -0.3 is 0 Å². The van der Waals surface area contributed by atoms with Crippen LogP contribution >= 0.6 is 0 Å². The molecule has 1 aliphatic carbocycles. The topological polar surface area (TPSA) is 17.8 Å². The Kier molecular flexibility index (Phi) is 2.61. The van der Waals surface area contributed by atoms with Crippen molar-refractivity contribution < 1.29 is 0 Å². The summed E-state index contributed by atoms with van der Waals surface area (Å²) in [5, 5.41) is 4.64. The van der Waals surface area contributed by atoms with E-state index in [0.29, 0.717) is 0 Å². The highest BCUT2D eigenvalue weighted by Gasteiger charge is 2.30. The van der Waals surface area contributed by atoms with E-state index in [1.807, 2.05) is 0 Å². The summed E-state index contributed by atoms with van der Waals surface area (Å²) in [6.45, 7) is 6.90. The fourth-order valence-corrected chi connectivity index (χ4v) is 2.45. The lowest BCUT2D eigenvalue weighted by Gasteiger charge is -2.23. The number of hydrogen-bond donors (Lipinski definition) is 0. The second kappa shape index (κ2) is 3.66. The van der Waals surface area contributed by atoms with Crippen molar-refractivity contribution in [2.75, 3.05) is 0 Å². The van der Waals surface area contributed by atoms with Crippen LogP contribution in [-0.4, -0.2) is 9.78 Å². The van der Waals surface area contributed by atoms with Gasteiger partial charge in [0.2, 0.25) is 0 Å². The van der Waals surface area contributed by atoms with E-state index in [1.165, 1.54) is 37.1 Å². The maximum absolute atomic E-state index is 4.64. The van der Waals surface area contributed by atoms with Crippen LogP contribution in [0.2, 0.25) is 0 Å². The minimum absolute atomic E-state index is 0.268. The third-order valence-electron chi connectivity index (χ3n) is 3.46. The quantitative estimate of drug-likeness (QED) is 0.738. The number of nitrogens with zero attached hydrogens (tertiary/aromatic N) is 2. The smallest absolute Gasteiger partial charge is 0.0658 e. The Morgan fingerprint density at radius 2 is 2.13 bits per heavy atom. The van der Waals surface area contributed by atoms with Gasteiger partial charge in [0.05, 0.1) is 5.69 Å². The summed E-state index contributed by atoms with van der Waals surface area (Å²) in [6.07, 6.45) is 5.14. The van der Waals surface area contributed by atoms with Crippen LogP contribution < -0.4 is 0 Å². The van der Waals surface area contributed by atoms with Gasteiger partial charge in [-0.2, -0.15) is 5.10 Å². The molecule has 1 heterocycles. The minimum Gasteiger partial charge on any atom is -0.272 e. The molecule has 2 heteroatoms. The number of aromatic nitrogens is 2. The Hall–Kier alpha value is -0.790. The third kappa shape index (κ3) is 2.09. The van der Waals surface area contributed by atoms with Gasteiger partial charge in [0.1, 0.15) is 0 Å². The van der Waals surface area contributed by atoms with E-state index < -0.39 is 0 Å². The molecule has 0 bridgehead atoms. The fourth-order valence-electron chi connectivity index (χ4n) is 2.45. The van der Waals surface area contributed by atoms with Crippen LogP contribution in [0.4, 0.5) is 0 Å². The zero-order valence-corrected chi connectivity index (χ0v) is 10.4. The molecule has 1 aromatic rings. The van der Waals surface area contributed by atoms with Crippen molar-refractivity contribution in [3.63, 3.8) is 0 Å². The van der Waals surface area contributed by atoms with Gasteiger partial charge >= 0.3 is 0 Å². The van der Waals surface area contributed by atoms with Gasteiger partial charge in [0.25, 0.3) is 0 Å². The van der Waals surface area contributed by atoms with Crippen molar-refractivity contribution in [3.05, 3.63) is 17.5 Å². The Labute approximate surface area is 92.7 Å². The second-order valence-corrected chi connectivity index (χ2v) is 5.49. The SMILES string of the molecule is CCCC(C)(C)c1cc(C2CC2)nn1C. The Morgan fingerprint density at radius 3 is 2.67 bits per heavy atom. The Bertz CT molecular complexity index is 345. The second-order valence-electron chi connectivity index (χ2n) is 5.49. The molecule has 1 saturated carbocycles. The molecule has 1 fully saturated rings. The molecule has 0 atom stereocenters. The van der Waals surface area contributed by atoms with Gasteiger partial charge in [-0.1, -0.05) is 27.2 Å². The highest BCUT2D eigenvalue weighted by Crippen LogP contribution is 2.41. The molecular weight excluding hydrogens is 184 g/mol. The molecule has 1 aliphatic rings. The Balaban J connectivity index is 2.26. The van der Waals surface area contributed by atoms with E-state index in [9.17, 15) is 0 Å². The van der Waals surface area contributed by atoms with Crippen LogP contribution in [0.1, 0.15) is 63.8 Å². The van der Waals surface area contributed by atoms with E-state index in [0.717, 1.165) is 5.92 Å². The Morgan fingerprint density at radius 1 is 1.47 bits per heavy atom. The molecule has 0 aromatic carbocycles. The van der Waals surface area contributed by atoms with Crippen LogP contribution in [0, 0.1) is 0 Å². The van der Waals surface area contributed by atoms with Crippen LogP contribution in [0.5, 0.6) is 0 Å². The maximum Gasteiger partial charge on any atom is 0.0658 e. The minimum atomic E-state index is 0.268. The molecule has 0 radical (unpaired) electrons. The lowest BCUT2D eigenvalue weighted by molar-refractivity contribution is 0.436. The van der Waals surface area contributed by atoms with Gasteiger partial charge in [0.15, 0.2) is 0 Å². The van der Waals surface area contributed by atoms with E-state index in [4.69, 9.17) is 0 Å². The average molecular weight is 206 g/mol. The van der Waals surface area contributed by atoms with Crippen LogP contribution in [0.25, 0.3) is 0 Å². The monoisotopic (exact) mass is 206 g/mol. The first kappa shape index (κ1) is 10.7.